The maximum absolute atomic E-state index is 11.8. The summed E-state index contributed by atoms with van der Waals surface area (Å²) < 4.78 is 29.4. The Morgan fingerprint density at radius 3 is 2.79 bits per heavy atom. The molecule has 1 aliphatic rings. The number of nitrogens with two attached hydrogens (primary N) is 1. The van der Waals surface area contributed by atoms with E-state index < -0.39 is 16.0 Å². The number of hydrogen-bond acceptors (Lipinski definition) is 6. The van der Waals surface area contributed by atoms with E-state index in [0.717, 1.165) is 10.4 Å². The Morgan fingerprint density at radius 2 is 2.21 bits per heavy atom. The van der Waals surface area contributed by atoms with Crippen molar-refractivity contribution in [1.29, 1.82) is 0 Å². The van der Waals surface area contributed by atoms with Crippen LogP contribution < -0.4 is 5.73 Å². The second kappa shape index (κ2) is 5.10. The Kier molecular flexibility index (Phi) is 3.84. The number of anilines is 1. The predicted octanol–water partition coefficient (Wildman–Crippen LogP) is 0.825. The number of fused-ring (bicyclic) bond motifs is 1. The zero-order chi connectivity index (χ0) is 14.2. The highest BCUT2D eigenvalue weighted by atomic mass is 32.2. The number of nitrogen functional groups attached to an aromatic ring is 1. The van der Waals surface area contributed by atoms with Gasteiger partial charge in [-0.15, -0.1) is 11.3 Å². The molecule has 0 unspecified atom stereocenters. The van der Waals surface area contributed by atoms with Crippen LogP contribution in [0.4, 0.5) is 5.00 Å². The van der Waals surface area contributed by atoms with E-state index in [4.69, 9.17) is 10.5 Å². The SMILES string of the molecule is CCOC(=O)c1c(N)sc2c1CCN(S(C)(=O)=O)C2. The summed E-state index contributed by atoms with van der Waals surface area (Å²) in [5.74, 6) is -0.426. The summed E-state index contributed by atoms with van der Waals surface area (Å²) in [4.78, 5) is 12.7. The third-order valence-corrected chi connectivity index (χ3v) is 5.29. The largest absolute Gasteiger partial charge is 0.462 e. The van der Waals surface area contributed by atoms with Gasteiger partial charge in [0.2, 0.25) is 10.0 Å². The maximum atomic E-state index is 11.8. The minimum absolute atomic E-state index is 0.280. The van der Waals surface area contributed by atoms with E-state index in [2.05, 4.69) is 0 Å². The van der Waals surface area contributed by atoms with Crippen LogP contribution in [0.15, 0.2) is 0 Å². The molecule has 0 amide bonds. The Bertz CT molecular complexity index is 606. The minimum atomic E-state index is -3.22. The van der Waals surface area contributed by atoms with Gasteiger partial charge in [-0.05, 0) is 18.9 Å². The first kappa shape index (κ1) is 14.3. The van der Waals surface area contributed by atoms with Crippen molar-refractivity contribution in [2.24, 2.45) is 0 Å². The lowest BCUT2D eigenvalue weighted by Crippen LogP contribution is -2.34. The number of hydrogen-bond donors (Lipinski definition) is 1. The lowest BCUT2D eigenvalue weighted by atomic mass is 10.0. The average molecular weight is 304 g/mol. The van der Waals surface area contributed by atoms with Crippen LogP contribution >= 0.6 is 11.3 Å². The Hall–Kier alpha value is -1.12. The van der Waals surface area contributed by atoms with Crippen molar-refractivity contribution in [3.05, 3.63) is 16.0 Å². The number of carbonyl (C=O) groups excluding carboxylic acids is 1. The summed E-state index contributed by atoms with van der Waals surface area (Å²) in [7, 11) is -3.22. The fraction of sp³-hybridized carbons (Fsp3) is 0.545. The van der Waals surface area contributed by atoms with Crippen molar-refractivity contribution in [2.45, 2.75) is 19.9 Å². The van der Waals surface area contributed by atoms with Gasteiger partial charge < -0.3 is 10.5 Å². The molecule has 2 heterocycles. The number of thiophene rings is 1. The second-order valence-corrected chi connectivity index (χ2v) is 7.43. The summed E-state index contributed by atoms with van der Waals surface area (Å²) in [5.41, 5.74) is 7.10. The summed E-state index contributed by atoms with van der Waals surface area (Å²) in [6.07, 6.45) is 1.67. The van der Waals surface area contributed by atoms with Gasteiger partial charge in [-0.25, -0.2) is 13.2 Å². The van der Waals surface area contributed by atoms with Crippen LogP contribution in [0.1, 0.15) is 27.7 Å². The van der Waals surface area contributed by atoms with E-state index in [0.29, 0.717) is 30.1 Å². The molecule has 0 spiro atoms. The topological polar surface area (TPSA) is 89.7 Å². The van der Waals surface area contributed by atoms with Gasteiger partial charge in [0.15, 0.2) is 0 Å². The van der Waals surface area contributed by atoms with Crippen LogP contribution in [-0.4, -0.2) is 38.1 Å². The summed E-state index contributed by atoms with van der Waals surface area (Å²) in [6.45, 7) is 2.67. The first-order chi connectivity index (χ1) is 8.84. The molecule has 19 heavy (non-hydrogen) atoms. The van der Waals surface area contributed by atoms with Gasteiger partial charge in [0, 0.05) is 18.0 Å². The molecule has 2 rings (SSSR count). The average Bonchev–Trinajstić information content (AvgIpc) is 2.62. The van der Waals surface area contributed by atoms with Crippen molar-refractivity contribution in [2.75, 3.05) is 25.1 Å². The monoisotopic (exact) mass is 304 g/mol. The quantitative estimate of drug-likeness (QED) is 0.835. The van der Waals surface area contributed by atoms with E-state index >= 15 is 0 Å². The Balaban J connectivity index is 2.35. The Morgan fingerprint density at radius 1 is 1.53 bits per heavy atom. The molecule has 0 aromatic carbocycles. The Labute approximate surface area is 116 Å². The molecular formula is C11H16N2O4S2. The molecule has 8 heteroatoms. The van der Waals surface area contributed by atoms with E-state index in [1.54, 1.807) is 6.92 Å². The van der Waals surface area contributed by atoms with Crippen molar-refractivity contribution in [1.82, 2.24) is 4.31 Å². The van der Waals surface area contributed by atoms with Crippen LogP contribution in [0.3, 0.4) is 0 Å². The summed E-state index contributed by atoms with van der Waals surface area (Å²) >= 11 is 1.26. The molecule has 2 N–H and O–H groups in total. The van der Waals surface area contributed by atoms with Gasteiger partial charge in [0.1, 0.15) is 5.00 Å². The highest BCUT2D eigenvalue weighted by Gasteiger charge is 2.30. The van der Waals surface area contributed by atoms with E-state index in [-0.39, 0.29) is 6.54 Å². The van der Waals surface area contributed by atoms with Gasteiger partial charge >= 0.3 is 5.97 Å². The van der Waals surface area contributed by atoms with Gasteiger partial charge in [-0.3, -0.25) is 0 Å². The zero-order valence-corrected chi connectivity index (χ0v) is 12.4. The predicted molar refractivity (Wildman–Crippen MR) is 73.6 cm³/mol. The van der Waals surface area contributed by atoms with Gasteiger partial charge in [-0.2, -0.15) is 4.31 Å². The number of carbonyl (C=O) groups is 1. The van der Waals surface area contributed by atoms with Crippen LogP contribution in [-0.2, 0) is 27.7 Å². The molecule has 1 aromatic rings. The van der Waals surface area contributed by atoms with E-state index in [9.17, 15) is 13.2 Å². The van der Waals surface area contributed by atoms with E-state index in [1.165, 1.54) is 21.9 Å². The molecule has 1 aliphatic heterocycles. The number of rotatable bonds is 3. The number of nitrogens with zero attached hydrogens (tertiary/aromatic N) is 1. The molecule has 0 saturated heterocycles. The minimum Gasteiger partial charge on any atom is -0.462 e. The molecular weight excluding hydrogens is 288 g/mol. The fourth-order valence-corrected chi connectivity index (χ4v) is 4.10. The fourth-order valence-electron chi connectivity index (χ4n) is 2.11. The van der Waals surface area contributed by atoms with Crippen LogP contribution in [0.5, 0.6) is 0 Å². The molecule has 0 fully saturated rings. The van der Waals surface area contributed by atoms with Gasteiger partial charge in [0.25, 0.3) is 0 Å². The molecule has 0 saturated carbocycles. The highest BCUT2D eigenvalue weighted by Crippen LogP contribution is 2.36. The van der Waals surface area contributed by atoms with Gasteiger partial charge in [-0.1, -0.05) is 0 Å². The van der Waals surface area contributed by atoms with Crippen LogP contribution in [0.2, 0.25) is 0 Å². The van der Waals surface area contributed by atoms with Crippen molar-refractivity contribution in [3.8, 4) is 0 Å². The molecule has 106 valence electrons. The van der Waals surface area contributed by atoms with Crippen LogP contribution in [0.25, 0.3) is 0 Å². The zero-order valence-electron chi connectivity index (χ0n) is 10.8. The summed E-state index contributed by atoms with van der Waals surface area (Å²) in [5, 5.41) is 0.402. The van der Waals surface area contributed by atoms with Gasteiger partial charge in [0.05, 0.1) is 18.4 Å². The molecule has 0 aliphatic carbocycles. The first-order valence-electron chi connectivity index (χ1n) is 5.86. The highest BCUT2D eigenvalue weighted by molar-refractivity contribution is 7.88. The standard InChI is InChI=1S/C11H16N2O4S2/c1-3-17-11(14)9-7-4-5-13(19(2,15)16)6-8(7)18-10(9)12/h3-6,12H2,1-2H3. The molecule has 0 atom stereocenters. The second-order valence-electron chi connectivity index (χ2n) is 4.31. The normalized spacial score (nSPS) is 16.1. The molecule has 0 bridgehead atoms. The third kappa shape index (κ3) is 2.75. The molecule has 0 radical (unpaired) electrons. The smallest absolute Gasteiger partial charge is 0.341 e. The number of sulfonamides is 1. The van der Waals surface area contributed by atoms with E-state index in [1.807, 2.05) is 0 Å². The number of esters is 1. The van der Waals surface area contributed by atoms with Crippen molar-refractivity contribution >= 4 is 32.3 Å². The van der Waals surface area contributed by atoms with Crippen molar-refractivity contribution in [3.63, 3.8) is 0 Å². The maximum Gasteiger partial charge on any atom is 0.341 e. The number of ether oxygens (including phenoxy) is 1. The first-order valence-corrected chi connectivity index (χ1v) is 8.53. The lowest BCUT2D eigenvalue weighted by Gasteiger charge is -2.24. The van der Waals surface area contributed by atoms with Crippen LogP contribution in [0, 0.1) is 0 Å². The molecule has 1 aromatic heterocycles. The third-order valence-electron chi connectivity index (χ3n) is 3.00. The molecule has 6 nitrogen and oxygen atoms in total. The summed E-state index contributed by atoms with van der Waals surface area (Å²) in [6, 6.07) is 0. The van der Waals surface area contributed by atoms with Crippen molar-refractivity contribution < 1.29 is 17.9 Å². The lowest BCUT2D eigenvalue weighted by molar-refractivity contribution is 0.0526.